The van der Waals surface area contributed by atoms with Gasteiger partial charge in [-0.15, -0.1) is 6.58 Å². The predicted molar refractivity (Wildman–Crippen MR) is 85.8 cm³/mol. The van der Waals surface area contributed by atoms with E-state index in [1.54, 1.807) is 0 Å². The second-order valence-corrected chi connectivity index (χ2v) is 5.61. The summed E-state index contributed by atoms with van der Waals surface area (Å²) in [4.78, 5) is 12.5. The van der Waals surface area contributed by atoms with Gasteiger partial charge in [-0.3, -0.25) is 4.79 Å². The number of fused-ring (bicyclic) bond motifs is 1. The van der Waals surface area contributed by atoms with E-state index in [-0.39, 0.29) is 58.5 Å². The average molecular weight is 328 g/mol. The van der Waals surface area contributed by atoms with Crippen LogP contribution in [-0.4, -0.2) is 26.2 Å². The number of phenols is 4. The third-order valence-corrected chi connectivity index (χ3v) is 3.91. The van der Waals surface area contributed by atoms with Crippen molar-refractivity contribution in [3.63, 3.8) is 0 Å². The van der Waals surface area contributed by atoms with Crippen molar-refractivity contribution < 1.29 is 30.0 Å². The number of allylic oxidation sites excluding steroid dienone is 1. The zero-order valence-corrected chi connectivity index (χ0v) is 12.7. The zero-order chi connectivity index (χ0) is 17.4. The van der Waals surface area contributed by atoms with Gasteiger partial charge in [0, 0.05) is 23.3 Å². The molecule has 1 aliphatic heterocycles. The van der Waals surface area contributed by atoms with Crippen molar-refractivity contribution >= 4 is 5.78 Å². The number of carbonyl (C=O) groups is 1. The molecule has 1 unspecified atom stereocenters. The average Bonchev–Trinajstić information content (AvgIpc) is 2.49. The van der Waals surface area contributed by atoms with E-state index in [0.717, 1.165) is 0 Å². The van der Waals surface area contributed by atoms with Gasteiger partial charge in [0.05, 0.1) is 6.42 Å². The van der Waals surface area contributed by atoms with Crippen LogP contribution < -0.4 is 4.74 Å². The minimum Gasteiger partial charge on any atom is -0.508 e. The summed E-state index contributed by atoms with van der Waals surface area (Å²) in [6.45, 7) is 3.55. The maximum atomic E-state index is 12.5. The molecule has 3 rings (SSSR count). The van der Waals surface area contributed by atoms with Crippen molar-refractivity contribution in [1.29, 1.82) is 0 Å². The highest BCUT2D eigenvalue weighted by atomic mass is 16.5. The maximum Gasteiger partial charge on any atom is 0.174 e. The number of carbonyl (C=O) groups excluding carboxylic acids is 1. The largest absolute Gasteiger partial charge is 0.508 e. The van der Waals surface area contributed by atoms with E-state index in [4.69, 9.17) is 4.74 Å². The van der Waals surface area contributed by atoms with Gasteiger partial charge in [-0.1, -0.05) is 6.08 Å². The quantitative estimate of drug-likeness (QED) is 0.645. The van der Waals surface area contributed by atoms with Crippen LogP contribution in [0.1, 0.15) is 34.0 Å². The number of benzene rings is 2. The molecule has 0 aliphatic carbocycles. The Bertz CT molecular complexity index is 820. The Hall–Kier alpha value is -3.15. The van der Waals surface area contributed by atoms with Crippen LogP contribution in [0.4, 0.5) is 0 Å². The molecule has 1 heterocycles. The summed E-state index contributed by atoms with van der Waals surface area (Å²) in [6.07, 6.45) is 0.907. The predicted octanol–water partition coefficient (Wildman–Crippen LogP) is 2.94. The lowest BCUT2D eigenvalue weighted by Gasteiger charge is -2.27. The normalized spacial score (nSPS) is 16.3. The minimum atomic E-state index is -0.743. The summed E-state index contributed by atoms with van der Waals surface area (Å²) < 4.78 is 5.70. The molecule has 0 bridgehead atoms. The van der Waals surface area contributed by atoms with E-state index in [2.05, 4.69) is 6.58 Å². The number of ether oxygens (including phenoxy) is 1. The van der Waals surface area contributed by atoms with Gasteiger partial charge in [0.1, 0.15) is 40.4 Å². The molecule has 1 atom stereocenters. The van der Waals surface area contributed by atoms with Crippen LogP contribution in [0.15, 0.2) is 36.9 Å². The number of aromatic hydroxyl groups is 4. The molecule has 0 amide bonds. The summed E-state index contributed by atoms with van der Waals surface area (Å²) in [7, 11) is 0. The van der Waals surface area contributed by atoms with Crippen LogP contribution in [-0.2, 0) is 6.42 Å². The zero-order valence-electron chi connectivity index (χ0n) is 12.7. The Balaban J connectivity index is 2.05. The van der Waals surface area contributed by atoms with Crippen LogP contribution >= 0.6 is 0 Å². The Morgan fingerprint density at radius 3 is 2.42 bits per heavy atom. The van der Waals surface area contributed by atoms with Crippen molar-refractivity contribution in [2.75, 3.05) is 0 Å². The van der Waals surface area contributed by atoms with Crippen molar-refractivity contribution in [3.8, 4) is 28.7 Å². The molecule has 124 valence electrons. The summed E-state index contributed by atoms with van der Waals surface area (Å²) in [5.74, 6) is -1.11. The molecule has 1 aliphatic rings. The Labute approximate surface area is 137 Å². The van der Waals surface area contributed by atoms with E-state index in [0.29, 0.717) is 5.56 Å². The van der Waals surface area contributed by atoms with Crippen LogP contribution in [0.3, 0.4) is 0 Å². The van der Waals surface area contributed by atoms with Gasteiger partial charge in [0.2, 0.25) is 0 Å². The molecule has 0 radical (unpaired) electrons. The summed E-state index contributed by atoms with van der Waals surface area (Å²) in [6, 6.07) is 5.21. The molecule has 6 heteroatoms. The van der Waals surface area contributed by atoms with Gasteiger partial charge in [0.15, 0.2) is 5.78 Å². The van der Waals surface area contributed by atoms with Crippen LogP contribution in [0, 0.1) is 0 Å². The Kier molecular flexibility index (Phi) is 3.81. The fourth-order valence-electron chi connectivity index (χ4n) is 2.84. The minimum absolute atomic E-state index is 0.0188. The van der Waals surface area contributed by atoms with Gasteiger partial charge in [0.25, 0.3) is 0 Å². The molecule has 24 heavy (non-hydrogen) atoms. The molecule has 6 nitrogen and oxygen atoms in total. The molecule has 0 fully saturated rings. The lowest BCUT2D eigenvalue weighted by molar-refractivity contribution is 0.0843. The lowest BCUT2D eigenvalue weighted by Crippen LogP contribution is -2.21. The third-order valence-electron chi connectivity index (χ3n) is 3.91. The highest BCUT2D eigenvalue weighted by molar-refractivity contribution is 6.03. The molecule has 0 aromatic heterocycles. The number of Topliss-reactive ketones (excluding diaryl/α,β-unsaturated/α-hetero) is 1. The van der Waals surface area contributed by atoms with Crippen LogP contribution in [0.5, 0.6) is 28.7 Å². The first-order valence-electron chi connectivity index (χ1n) is 7.32. The van der Waals surface area contributed by atoms with E-state index in [1.165, 1.54) is 30.3 Å². The highest BCUT2D eigenvalue weighted by Crippen LogP contribution is 2.45. The van der Waals surface area contributed by atoms with Gasteiger partial charge < -0.3 is 25.2 Å². The summed E-state index contributed by atoms with van der Waals surface area (Å²) in [5.41, 5.74) is 0.653. The number of hydrogen-bond acceptors (Lipinski definition) is 6. The van der Waals surface area contributed by atoms with Crippen molar-refractivity contribution in [2.45, 2.75) is 18.9 Å². The maximum absolute atomic E-state index is 12.5. The number of phenolic OH excluding ortho intramolecular Hbond substituents is 4. The van der Waals surface area contributed by atoms with E-state index in [9.17, 15) is 25.2 Å². The molecule has 4 N–H and O–H groups in total. The van der Waals surface area contributed by atoms with Crippen LogP contribution in [0.2, 0.25) is 0 Å². The van der Waals surface area contributed by atoms with Crippen molar-refractivity contribution in [1.82, 2.24) is 0 Å². The Morgan fingerprint density at radius 2 is 1.79 bits per heavy atom. The smallest absolute Gasteiger partial charge is 0.174 e. The van der Waals surface area contributed by atoms with E-state index >= 15 is 0 Å². The summed E-state index contributed by atoms with van der Waals surface area (Å²) >= 11 is 0. The van der Waals surface area contributed by atoms with E-state index < -0.39 is 6.10 Å². The number of ketones is 1. The standard InChI is InChI=1S/C18H16O6/c1-2-3-12-13(21)7-16-17(18(12)23)14(22)8-15(24-16)9-4-10(19)6-11(20)5-9/h2,4-7,15,19-21,23H,1,3,8H2. The van der Waals surface area contributed by atoms with Crippen molar-refractivity contribution in [2.24, 2.45) is 0 Å². The van der Waals surface area contributed by atoms with E-state index in [1.807, 2.05) is 0 Å². The molecular formula is C18H16O6. The van der Waals surface area contributed by atoms with Gasteiger partial charge >= 0.3 is 0 Å². The Morgan fingerprint density at radius 1 is 1.12 bits per heavy atom. The fourth-order valence-corrected chi connectivity index (χ4v) is 2.84. The fraction of sp³-hybridized carbons (Fsp3) is 0.167. The van der Waals surface area contributed by atoms with Crippen LogP contribution in [0.25, 0.3) is 0 Å². The van der Waals surface area contributed by atoms with Gasteiger partial charge in [-0.05, 0) is 18.6 Å². The monoisotopic (exact) mass is 328 g/mol. The molecule has 0 saturated heterocycles. The third kappa shape index (κ3) is 2.62. The molecule has 0 spiro atoms. The second-order valence-electron chi connectivity index (χ2n) is 5.61. The number of hydrogen-bond donors (Lipinski definition) is 4. The van der Waals surface area contributed by atoms with Gasteiger partial charge in [-0.25, -0.2) is 0 Å². The molecule has 0 saturated carbocycles. The molecule has 2 aromatic carbocycles. The summed E-state index contributed by atoms with van der Waals surface area (Å²) in [5, 5.41) is 39.5. The number of rotatable bonds is 3. The topological polar surface area (TPSA) is 107 Å². The van der Waals surface area contributed by atoms with Gasteiger partial charge in [-0.2, -0.15) is 0 Å². The lowest BCUT2D eigenvalue weighted by atomic mass is 9.93. The molecular weight excluding hydrogens is 312 g/mol. The first kappa shape index (κ1) is 15.7. The SMILES string of the molecule is C=CCc1c(O)cc2c(c1O)C(=O)CC(c1cc(O)cc(O)c1)O2. The first-order valence-corrected chi connectivity index (χ1v) is 7.32. The first-order chi connectivity index (χ1) is 11.4. The molecule has 2 aromatic rings. The second kappa shape index (κ2) is 5.81. The highest BCUT2D eigenvalue weighted by Gasteiger charge is 2.32. The van der Waals surface area contributed by atoms with Crippen molar-refractivity contribution in [3.05, 3.63) is 53.6 Å².